The Kier molecular flexibility index (Phi) is 77.8. The standard InChI is InChI=1S/C84H161NO5/c1-3-5-7-9-11-13-15-17-18-19-20-21-22-34-37-40-43-46-49-53-56-60-64-68-72-76-82(87)81(80-86)85-83(88)77-73-69-65-61-57-54-50-47-44-41-38-35-32-30-28-26-24-23-25-27-29-31-33-36-39-42-45-48-51-55-59-63-67-71-75-79-90-84(89)78-74-70-66-62-58-52-16-14-12-10-8-6-4-2/h14,16,25,27,31,33,81-82,86-87H,3-13,15,17-24,26,28-30,32,34-80H2,1-2H3,(H,85,88)/b16-14-,27-25-,33-31-. The van der Waals surface area contributed by atoms with Crippen LogP contribution in [-0.2, 0) is 14.3 Å². The summed E-state index contributed by atoms with van der Waals surface area (Å²) in [6.45, 7) is 4.98. The van der Waals surface area contributed by atoms with Crippen molar-refractivity contribution in [1.82, 2.24) is 5.32 Å². The summed E-state index contributed by atoms with van der Waals surface area (Å²) < 4.78 is 5.48. The fourth-order valence-electron chi connectivity index (χ4n) is 13.1. The lowest BCUT2D eigenvalue weighted by Crippen LogP contribution is -2.45. The number of hydrogen-bond acceptors (Lipinski definition) is 5. The third-order valence-corrected chi connectivity index (χ3v) is 19.4. The topological polar surface area (TPSA) is 95.9 Å². The molecule has 6 nitrogen and oxygen atoms in total. The highest BCUT2D eigenvalue weighted by atomic mass is 16.5. The molecule has 2 unspecified atom stereocenters. The lowest BCUT2D eigenvalue weighted by atomic mass is 10.0. The molecule has 0 heterocycles. The molecule has 3 N–H and O–H groups in total. The molecule has 2 atom stereocenters. The van der Waals surface area contributed by atoms with E-state index in [1.807, 2.05) is 0 Å². The molecule has 0 saturated carbocycles. The summed E-state index contributed by atoms with van der Waals surface area (Å²) in [6, 6.07) is -0.542. The molecule has 0 aromatic heterocycles. The van der Waals surface area contributed by atoms with Gasteiger partial charge in [-0.1, -0.05) is 403 Å². The van der Waals surface area contributed by atoms with Gasteiger partial charge in [-0.3, -0.25) is 9.59 Å². The molecule has 0 aliphatic heterocycles. The molecule has 0 aliphatic rings. The van der Waals surface area contributed by atoms with Crippen molar-refractivity contribution in [3.8, 4) is 0 Å². The van der Waals surface area contributed by atoms with Crippen LogP contribution in [0.15, 0.2) is 36.5 Å². The second-order valence-corrected chi connectivity index (χ2v) is 28.5. The van der Waals surface area contributed by atoms with Gasteiger partial charge in [0.2, 0.25) is 5.91 Å². The van der Waals surface area contributed by atoms with Crippen molar-refractivity contribution in [3.05, 3.63) is 36.5 Å². The maximum Gasteiger partial charge on any atom is 0.305 e. The summed E-state index contributed by atoms with van der Waals surface area (Å²) in [7, 11) is 0. The molecule has 0 rings (SSSR count). The number of esters is 1. The van der Waals surface area contributed by atoms with E-state index in [0.717, 1.165) is 51.4 Å². The van der Waals surface area contributed by atoms with E-state index in [2.05, 4.69) is 55.6 Å². The fraction of sp³-hybridized carbons (Fsp3) is 0.905. The van der Waals surface area contributed by atoms with Crippen molar-refractivity contribution < 1.29 is 24.5 Å². The summed E-state index contributed by atoms with van der Waals surface area (Å²) in [5.74, 6) is -0.0186. The smallest absolute Gasteiger partial charge is 0.305 e. The number of ether oxygens (including phenoxy) is 1. The zero-order chi connectivity index (χ0) is 64.9. The Balaban J connectivity index is 3.37. The fourth-order valence-corrected chi connectivity index (χ4v) is 13.1. The molecule has 0 aromatic rings. The van der Waals surface area contributed by atoms with E-state index in [0.29, 0.717) is 25.9 Å². The number of rotatable bonds is 78. The third-order valence-electron chi connectivity index (χ3n) is 19.4. The average Bonchev–Trinajstić information content (AvgIpc) is 3.62. The van der Waals surface area contributed by atoms with Crippen LogP contribution >= 0.6 is 0 Å². The minimum atomic E-state index is -0.665. The normalized spacial score (nSPS) is 12.6. The van der Waals surface area contributed by atoms with Crippen molar-refractivity contribution in [1.29, 1.82) is 0 Å². The first kappa shape index (κ1) is 88.1. The molecule has 0 fully saturated rings. The summed E-state index contributed by atoms with van der Waals surface area (Å²) in [5.41, 5.74) is 0. The molecular weight excluding hydrogens is 1100 g/mol. The first-order valence-corrected chi connectivity index (χ1v) is 41.2. The Morgan fingerprint density at radius 3 is 0.867 bits per heavy atom. The van der Waals surface area contributed by atoms with Gasteiger partial charge >= 0.3 is 5.97 Å². The highest BCUT2D eigenvalue weighted by molar-refractivity contribution is 5.76. The van der Waals surface area contributed by atoms with Gasteiger partial charge in [-0.25, -0.2) is 0 Å². The second-order valence-electron chi connectivity index (χ2n) is 28.5. The number of nitrogens with one attached hydrogen (secondary N) is 1. The lowest BCUT2D eigenvalue weighted by Gasteiger charge is -2.22. The predicted molar refractivity (Wildman–Crippen MR) is 398 cm³/mol. The van der Waals surface area contributed by atoms with E-state index in [9.17, 15) is 19.8 Å². The van der Waals surface area contributed by atoms with E-state index in [1.54, 1.807) is 0 Å². The minimum absolute atomic E-state index is 0.00823. The zero-order valence-corrected chi connectivity index (χ0v) is 61.1. The molecule has 532 valence electrons. The monoisotopic (exact) mass is 1260 g/mol. The number of unbranched alkanes of at least 4 members (excludes halogenated alkanes) is 61. The number of carbonyl (C=O) groups is 2. The summed E-state index contributed by atoms with van der Waals surface area (Å²) in [6.07, 6.45) is 104. The van der Waals surface area contributed by atoms with Crippen LogP contribution in [0.25, 0.3) is 0 Å². The van der Waals surface area contributed by atoms with Crippen molar-refractivity contribution in [2.45, 2.75) is 475 Å². The number of allylic oxidation sites excluding steroid dienone is 6. The van der Waals surface area contributed by atoms with Gasteiger partial charge in [0, 0.05) is 12.8 Å². The van der Waals surface area contributed by atoms with Crippen molar-refractivity contribution >= 4 is 11.9 Å². The van der Waals surface area contributed by atoms with Gasteiger partial charge in [0.05, 0.1) is 25.4 Å². The highest BCUT2D eigenvalue weighted by Crippen LogP contribution is 2.20. The lowest BCUT2D eigenvalue weighted by molar-refractivity contribution is -0.143. The largest absolute Gasteiger partial charge is 0.466 e. The molecule has 0 radical (unpaired) electrons. The Hall–Kier alpha value is -1.92. The SMILES string of the molecule is CCCCCC/C=C\CCCCCCCC(=O)OCCCCCCCCCCCCC/C=C\C/C=C\CCCCCCCCCCCCCCCCCCCC(=O)NC(CO)C(O)CCCCCCCCCCCCCCCCCCCCCCCCCCC. The van der Waals surface area contributed by atoms with Crippen molar-refractivity contribution in [2.24, 2.45) is 0 Å². The van der Waals surface area contributed by atoms with Gasteiger partial charge in [-0.05, 0) is 83.5 Å². The Labute approximate surface area is 564 Å². The Bertz CT molecular complexity index is 1460. The van der Waals surface area contributed by atoms with Gasteiger partial charge in [0.1, 0.15) is 0 Å². The van der Waals surface area contributed by atoms with Crippen LogP contribution in [-0.4, -0.2) is 47.4 Å². The van der Waals surface area contributed by atoms with Crippen LogP contribution in [0.5, 0.6) is 0 Å². The number of aliphatic hydroxyl groups excluding tert-OH is 2. The van der Waals surface area contributed by atoms with E-state index in [1.165, 1.54) is 379 Å². The maximum absolute atomic E-state index is 12.6. The van der Waals surface area contributed by atoms with Crippen LogP contribution < -0.4 is 5.32 Å². The van der Waals surface area contributed by atoms with Gasteiger partial charge in [0.25, 0.3) is 0 Å². The molecule has 6 heteroatoms. The molecular formula is C84H161NO5. The van der Waals surface area contributed by atoms with Crippen LogP contribution in [0.4, 0.5) is 0 Å². The van der Waals surface area contributed by atoms with E-state index >= 15 is 0 Å². The number of hydrogen-bond donors (Lipinski definition) is 3. The Morgan fingerprint density at radius 1 is 0.311 bits per heavy atom. The molecule has 0 aromatic carbocycles. The molecule has 0 spiro atoms. The van der Waals surface area contributed by atoms with Gasteiger partial charge in [-0.15, -0.1) is 0 Å². The van der Waals surface area contributed by atoms with E-state index in [-0.39, 0.29) is 18.5 Å². The molecule has 90 heavy (non-hydrogen) atoms. The molecule has 1 amide bonds. The van der Waals surface area contributed by atoms with Gasteiger partial charge < -0.3 is 20.3 Å². The van der Waals surface area contributed by atoms with Crippen LogP contribution in [0.2, 0.25) is 0 Å². The number of amides is 1. The van der Waals surface area contributed by atoms with Crippen LogP contribution in [0.1, 0.15) is 463 Å². The predicted octanol–water partition coefficient (Wildman–Crippen LogP) is 27.4. The van der Waals surface area contributed by atoms with Crippen LogP contribution in [0.3, 0.4) is 0 Å². The molecule has 0 saturated heterocycles. The third kappa shape index (κ3) is 75.1. The maximum atomic E-state index is 12.6. The van der Waals surface area contributed by atoms with E-state index < -0.39 is 12.1 Å². The van der Waals surface area contributed by atoms with Crippen molar-refractivity contribution in [2.75, 3.05) is 13.2 Å². The second kappa shape index (κ2) is 79.5. The van der Waals surface area contributed by atoms with E-state index in [4.69, 9.17) is 4.74 Å². The van der Waals surface area contributed by atoms with Gasteiger partial charge in [0.15, 0.2) is 0 Å². The number of aliphatic hydroxyl groups is 2. The highest BCUT2D eigenvalue weighted by Gasteiger charge is 2.20. The first-order valence-electron chi connectivity index (χ1n) is 41.2. The quantitative estimate of drug-likeness (QED) is 0.0320. The molecule has 0 aliphatic carbocycles. The summed E-state index contributed by atoms with van der Waals surface area (Å²) in [5, 5.41) is 23.5. The minimum Gasteiger partial charge on any atom is -0.466 e. The van der Waals surface area contributed by atoms with Gasteiger partial charge in [-0.2, -0.15) is 0 Å². The van der Waals surface area contributed by atoms with Crippen molar-refractivity contribution in [3.63, 3.8) is 0 Å². The summed E-state index contributed by atoms with van der Waals surface area (Å²) in [4.78, 5) is 24.6. The molecule has 0 bridgehead atoms. The Morgan fingerprint density at radius 2 is 0.556 bits per heavy atom. The average molecular weight is 1270 g/mol. The number of carbonyl (C=O) groups excluding carboxylic acids is 2. The van der Waals surface area contributed by atoms with Crippen LogP contribution in [0, 0.1) is 0 Å². The first-order chi connectivity index (χ1) is 44.5. The summed E-state index contributed by atoms with van der Waals surface area (Å²) >= 11 is 0. The zero-order valence-electron chi connectivity index (χ0n) is 61.1.